The fourth-order valence-corrected chi connectivity index (χ4v) is 0.976. The summed E-state index contributed by atoms with van der Waals surface area (Å²) < 4.78 is 0. The van der Waals surface area contributed by atoms with Crippen LogP contribution in [0.3, 0.4) is 0 Å². The molecule has 1 aromatic rings. The summed E-state index contributed by atoms with van der Waals surface area (Å²) in [7, 11) is 0. The number of nitrogens with two attached hydrogens (primary N) is 2. The molecule has 0 radical (unpaired) electrons. The van der Waals surface area contributed by atoms with E-state index in [1.54, 1.807) is 12.4 Å². The first-order valence-corrected chi connectivity index (χ1v) is 5.22. The number of nitrogens with zero attached hydrogens (tertiary/aromatic N) is 1. The highest BCUT2D eigenvalue weighted by molar-refractivity contribution is 5.72. The van der Waals surface area contributed by atoms with Crippen molar-refractivity contribution in [2.75, 3.05) is 6.54 Å². The number of H-pyrrole nitrogens is 1. The number of carboxylic acid groups (broad SMARTS) is 1. The smallest absolute Gasteiger partial charge is 0.320 e. The van der Waals surface area contributed by atoms with Gasteiger partial charge < -0.3 is 21.6 Å². The van der Waals surface area contributed by atoms with Crippen molar-refractivity contribution in [2.45, 2.75) is 32.2 Å². The van der Waals surface area contributed by atoms with Crippen LogP contribution in [0.2, 0.25) is 0 Å². The molecule has 1 aromatic heterocycles. The van der Waals surface area contributed by atoms with E-state index in [0.29, 0.717) is 13.0 Å². The third-order valence-corrected chi connectivity index (χ3v) is 1.92. The Bertz CT molecular complexity index is 274. The Morgan fingerprint density at radius 2 is 2.31 bits per heavy atom. The minimum absolute atomic E-state index is 0.520. The predicted octanol–water partition coefficient (Wildman–Crippen LogP) is 0.245. The van der Waals surface area contributed by atoms with Crippen LogP contribution in [0.4, 0.5) is 0 Å². The van der Waals surface area contributed by atoms with Crippen LogP contribution in [0.1, 0.15) is 25.1 Å². The molecule has 1 rings (SSSR count). The number of hydrogen-bond donors (Lipinski definition) is 4. The van der Waals surface area contributed by atoms with E-state index in [0.717, 1.165) is 18.7 Å². The molecule has 0 bridgehead atoms. The van der Waals surface area contributed by atoms with Crippen LogP contribution < -0.4 is 11.5 Å². The SMILES string of the molecule is Cc1ncc[nH]1.NCCCCC(N)C(=O)O. The second-order valence-corrected chi connectivity index (χ2v) is 3.40. The zero-order valence-electron chi connectivity index (χ0n) is 9.52. The molecule has 92 valence electrons. The van der Waals surface area contributed by atoms with Crippen LogP contribution in [0.5, 0.6) is 0 Å². The molecule has 1 unspecified atom stereocenters. The lowest BCUT2D eigenvalue weighted by Crippen LogP contribution is -2.29. The number of carbonyl (C=O) groups is 1. The molecule has 16 heavy (non-hydrogen) atoms. The van der Waals surface area contributed by atoms with Gasteiger partial charge in [0, 0.05) is 12.4 Å². The maximum atomic E-state index is 10.1. The predicted molar refractivity (Wildman–Crippen MR) is 61.8 cm³/mol. The molecule has 0 aliphatic rings. The van der Waals surface area contributed by atoms with E-state index >= 15 is 0 Å². The second kappa shape index (κ2) is 8.87. The Labute approximate surface area is 95.1 Å². The fourth-order valence-electron chi connectivity index (χ4n) is 0.976. The van der Waals surface area contributed by atoms with Gasteiger partial charge in [0.25, 0.3) is 0 Å². The van der Waals surface area contributed by atoms with Crippen LogP contribution in [0, 0.1) is 6.92 Å². The van der Waals surface area contributed by atoms with Gasteiger partial charge in [0.1, 0.15) is 11.9 Å². The molecule has 0 aliphatic heterocycles. The molecule has 1 atom stereocenters. The van der Waals surface area contributed by atoms with Crippen LogP contribution in [0.15, 0.2) is 12.4 Å². The molecule has 0 saturated carbocycles. The first-order chi connectivity index (χ1) is 7.57. The lowest BCUT2D eigenvalue weighted by Gasteiger charge is -2.03. The summed E-state index contributed by atoms with van der Waals surface area (Å²) in [6, 6.07) is -0.716. The molecular weight excluding hydrogens is 208 g/mol. The van der Waals surface area contributed by atoms with E-state index in [1.165, 1.54) is 0 Å². The average molecular weight is 228 g/mol. The Morgan fingerprint density at radius 3 is 2.62 bits per heavy atom. The third kappa shape index (κ3) is 7.95. The van der Waals surface area contributed by atoms with E-state index in [9.17, 15) is 4.79 Å². The Balaban J connectivity index is 0.000000315. The monoisotopic (exact) mass is 228 g/mol. The van der Waals surface area contributed by atoms with Crippen LogP contribution >= 0.6 is 0 Å². The molecule has 6 nitrogen and oxygen atoms in total. The van der Waals surface area contributed by atoms with Crippen molar-refractivity contribution >= 4 is 5.97 Å². The first-order valence-electron chi connectivity index (χ1n) is 5.22. The highest BCUT2D eigenvalue weighted by Crippen LogP contribution is 1.96. The second-order valence-electron chi connectivity index (χ2n) is 3.40. The quantitative estimate of drug-likeness (QED) is 0.538. The van der Waals surface area contributed by atoms with E-state index < -0.39 is 12.0 Å². The zero-order chi connectivity index (χ0) is 12.4. The summed E-state index contributed by atoms with van der Waals surface area (Å²) in [4.78, 5) is 16.9. The molecule has 1 heterocycles. The van der Waals surface area contributed by atoms with Crippen molar-refractivity contribution in [3.8, 4) is 0 Å². The van der Waals surface area contributed by atoms with Gasteiger partial charge in [-0.1, -0.05) is 6.42 Å². The minimum atomic E-state index is -0.933. The molecule has 0 fully saturated rings. The van der Waals surface area contributed by atoms with Crippen LogP contribution in [-0.2, 0) is 4.79 Å². The Morgan fingerprint density at radius 1 is 1.62 bits per heavy atom. The van der Waals surface area contributed by atoms with Crippen molar-refractivity contribution in [2.24, 2.45) is 11.5 Å². The molecular formula is C10H20N4O2. The molecule has 0 aliphatic carbocycles. The summed E-state index contributed by atoms with van der Waals surface area (Å²) in [6.45, 7) is 2.52. The maximum absolute atomic E-state index is 10.1. The number of aryl methyl sites for hydroxylation is 1. The number of aliphatic carboxylic acids is 1. The largest absolute Gasteiger partial charge is 0.480 e. The standard InChI is InChI=1S/C6H14N2O2.C4H6N2/c7-4-2-1-3-5(8)6(9)10;1-4-5-2-3-6-4/h5H,1-4,7-8H2,(H,9,10);2-3H,1H3,(H,5,6). The van der Waals surface area contributed by atoms with Crippen molar-refractivity contribution in [1.82, 2.24) is 9.97 Å². The molecule has 0 spiro atoms. The maximum Gasteiger partial charge on any atom is 0.320 e. The van der Waals surface area contributed by atoms with Crippen molar-refractivity contribution in [1.29, 1.82) is 0 Å². The van der Waals surface area contributed by atoms with Crippen LogP contribution in [0.25, 0.3) is 0 Å². The van der Waals surface area contributed by atoms with Gasteiger partial charge in [-0.15, -0.1) is 0 Å². The number of hydrogen-bond acceptors (Lipinski definition) is 4. The highest BCUT2D eigenvalue weighted by Gasteiger charge is 2.09. The van der Waals surface area contributed by atoms with Gasteiger partial charge in [-0.3, -0.25) is 4.79 Å². The van der Waals surface area contributed by atoms with Gasteiger partial charge in [0.2, 0.25) is 0 Å². The van der Waals surface area contributed by atoms with Gasteiger partial charge in [-0.05, 0) is 26.3 Å². The van der Waals surface area contributed by atoms with E-state index in [4.69, 9.17) is 16.6 Å². The summed E-state index contributed by atoms with van der Waals surface area (Å²) >= 11 is 0. The van der Waals surface area contributed by atoms with E-state index in [1.807, 2.05) is 6.92 Å². The molecule has 0 amide bonds. The number of unbranched alkanes of at least 4 members (excludes halogenated alkanes) is 1. The van der Waals surface area contributed by atoms with Crippen LogP contribution in [-0.4, -0.2) is 33.6 Å². The minimum Gasteiger partial charge on any atom is -0.480 e. The summed E-state index contributed by atoms with van der Waals surface area (Å²) in [5.74, 6) is 0.0343. The number of nitrogens with one attached hydrogen (secondary N) is 1. The van der Waals surface area contributed by atoms with Gasteiger partial charge in [0.05, 0.1) is 0 Å². The van der Waals surface area contributed by atoms with Gasteiger partial charge in [-0.2, -0.15) is 0 Å². The van der Waals surface area contributed by atoms with Gasteiger partial charge in [-0.25, -0.2) is 4.98 Å². The van der Waals surface area contributed by atoms with Crippen molar-refractivity contribution in [3.05, 3.63) is 18.2 Å². The number of aromatic nitrogens is 2. The summed E-state index contributed by atoms with van der Waals surface area (Å²) in [6.07, 6.45) is 5.70. The van der Waals surface area contributed by atoms with Gasteiger partial charge >= 0.3 is 5.97 Å². The molecule has 6 N–H and O–H groups in total. The van der Waals surface area contributed by atoms with Crippen molar-refractivity contribution < 1.29 is 9.90 Å². The topological polar surface area (TPSA) is 118 Å². The normalized spacial score (nSPS) is 11.4. The average Bonchev–Trinajstić information content (AvgIpc) is 2.70. The number of carboxylic acids is 1. The molecule has 0 saturated heterocycles. The molecule has 6 heteroatoms. The summed E-state index contributed by atoms with van der Waals surface area (Å²) in [5, 5.41) is 8.33. The molecule has 0 aromatic carbocycles. The lowest BCUT2D eigenvalue weighted by atomic mass is 10.1. The summed E-state index contributed by atoms with van der Waals surface area (Å²) in [5.41, 5.74) is 10.4. The van der Waals surface area contributed by atoms with Gasteiger partial charge in [0.15, 0.2) is 0 Å². The Kier molecular flexibility index (Phi) is 8.10. The highest BCUT2D eigenvalue weighted by atomic mass is 16.4. The van der Waals surface area contributed by atoms with Crippen molar-refractivity contribution in [3.63, 3.8) is 0 Å². The fraction of sp³-hybridized carbons (Fsp3) is 0.600. The van der Waals surface area contributed by atoms with E-state index in [2.05, 4.69) is 9.97 Å². The number of imidazole rings is 1. The zero-order valence-corrected chi connectivity index (χ0v) is 9.52. The first kappa shape index (κ1) is 14.6. The number of aromatic amines is 1. The lowest BCUT2D eigenvalue weighted by molar-refractivity contribution is -0.138. The third-order valence-electron chi connectivity index (χ3n) is 1.92. The Hall–Kier alpha value is -1.40. The number of rotatable bonds is 5. The van der Waals surface area contributed by atoms with E-state index in [-0.39, 0.29) is 0 Å².